The largest absolute Gasteiger partial charge is 0.351 e. The molecule has 6 nitrogen and oxygen atoms in total. The molecule has 3 rings (SSSR count). The fourth-order valence-electron chi connectivity index (χ4n) is 2.60. The van der Waals surface area contributed by atoms with Crippen molar-refractivity contribution in [2.24, 2.45) is 5.73 Å². The lowest BCUT2D eigenvalue weighted by Gasteiger charge is -2.13. The molecule has 0 bridgehead atoms. The molecule has 0 saturated heterocycles. The molecule has 0 aliphatic rings. The molecule has 1 heterocycles. The van der Waals surface area contributed by atoms with Gasteiger partial charge in [-0.15, -0.1) is 0 Å². The maximum Gasteiger partial charge on any atom is 0.318 e. The van der Waals surface area contributed by atoms with Gasteiger partial charge in [-0.3, -0.25) is 10.00 Å². The first-order valence-electron chi connectivity index (χ1n) is 8.22. The molecule has 0 saturated carbocycles. The Morgan fingerprint density at radius 2 is 1.80 bits per heavy atom. The quantitative estimate of drug-likeness (QED) is 0.725. The van der Waals surface area contributed by atoms with Crippen molar-refractivity contribution in [1.82, 2.24) is 15.2 Å². The average Bonchev–Trinajstić information content (AvgIpc) is 3.11. The molecule has 0 unspecified atom stereocenters. The van der Waals surface area contributed by atoms with E-state index in [0.29, 0.717) is 5.82 Å². The number of hydrogen-bond acceptors (Lipinski definition) is 3. The van der Waals surface area contributed by atoms with Crippen LogP contribution in [0.25, 0.3) is 11.4 Å². The monoisotopic (exact) mass is 335 g/mol. The summed E-state index contributed by atoms with van der Waals surface area (Å²) in [5, 5.41) is 7.28. The summed E-state index contributed by atoms with van der Waals surface area (Å²) < 4.78 is 0. The number of primary amides is 1. The van der Waals surface area contributed by atoms with Crippen molar-refractivity contribution in [1.29, 1.82) is 0 Å². The third-order valence-electron chi connectivity index (χ3n) is 4.10. The second-order valence-electron chi connectivity index (χ2n) is 5.89. The Balaban J connectivity index is 1.60. The minimum Gasteiger partial charge on any atom is -0.351 e. The number of nitrogens with two attached hydrogens (primary N) is 1. The molecule has 3 aromatic rings. The summed E-state index contributed by atoms with van der Waals surface area (Å²) in [6, 6.07) is 17.3. The SMILES string of the molecule is CN(C(N)=O)c1ccc(-c2n[nH]c(CCCc3ccccc3)n2)cc1. The first-order chi connectivity index (χ1) is 12.1. The van der Waals surface area contributed by atoms with E-state index >= 15 is 0 Å². The summed E-state index contributed by atoms with van der Waals surface area (Å²) in [6.07, 6.45) is 2.89. The summed E-state index contributed by atoms with van der Waals surface area (Å²) >= 11 is 0. The van der Waals surface area contributed by atoms with E-state index in [2.05, 4.69) is 39.4 Å². The van der Waals surface area contributed by atoms with Gasteiger partial charge in [-0.05, 0) is 42.7 Å². The third kappa shape index (κ3) is 4.23. The van der Waals surface area contributed by atoms with Crippen LogP contribution in [0.15, 0.2) is 54.6 Å². The number of benzene rings is 2. The molecular weight excluding hydrogens is 314 g/mol. The maximum absolute atomic E-state index is 11.2. The van der Waals surface area contributed by atoms with Gasteiger partial charge in [0.05, 0.1) is 0 Å². The topological polar surface area (TPSA) is 87.9 Å². The van der Waals surface area contributed by atoms with Crippen molar-refractivity contribution >= 4 is 11.7 Å². The van der Waals surface area contributed by atoms with Crippen LogP contribution >= 0.6 is 0 Å². The first-order valence-corrected chi connectivity index (χ1v) is 8.22. The number of nitrogens with one attached hydrogen (secondary N) is 1. The molecule has 25 heavy (non-hydrogen) atoms. The summed E-state index contributed by atoms with van der Waals surface area (Å²) in [5.74, 6) is 1.53. The summed E-state index contributed by atoms with van der Waals surface area (Å²) in [6.45, 7) is 0. The second-order valence-corrected chi connectivity index (χ2v) is 5.89. The van der Waals surface area contributed by atoms with Crippen LogP contribution in [-0.2, 0) is 12.8 Å². The minimum absolute atomic E-state index is 0.494. The molecule has 0 atom stereocenters. The van der Waals surface area contributed by atoms with E-state index in [4.69, 9.17) is 5.73 Å². The van der Waals surface area contributed by atoms with Crippen LogP contribution in [0, 0.1) is 0 Å². The molecule has 3 N–H and O–H groups in total. The van der Waals surface area contributed by atoms with Gasteiger partial charge in [0.2, 0.25) is 0 Å². The lowest BCUT2D eigenvalue weighted by Crippen LogP contribution is -2.31. The molecule has 6 heteroatoms. The van der Waals surface area contributed by atoms with Gasteiger partial charge in [-0.25, -0.2) is 9.78 Å². The highest BCUT2D eigenvalue weighted by molar-refractivity contribution is 5.90. The van der Waals surface area contributed by atoms with Crippen molar-refractivity contribution in [3.63, 3.8) is 0 Å². The molecule has 0 spiro atoms. The van der Waals surface area contributed by atoms with Crippen LogP contribution < -0.4 is 10.6 Å². The molecule has 0 radical (unpaired) electrons. The number of nitrogens with zero attached hydrogens (tertiary/aromatic N) is 3. The zero-order valence-electron chi connectivity index (χ0n) is 14.1. The Kier molecular flexibility index (Phi) is 5.09. The molecule has 0 fully saturated rings. The molecule has 2 aromatic carbocycles. The van der Waals surface area contributed by atoms with Crippen LogP contribution in [0.3, 0.4) is 0 Å². The Bertz CT molecular complexity index is 827. The summed E-state index contributed by atoms with van der Waals surface area (Å²) in [7, 11) is 1.63. The average molecular weight is 335 g/mol. The van der Waals surface area contributed by atoms with E-state index in [1.54, 1.807) is 7.05 Å². The number of carbonyl (C=O) groups excluding carboxylic acids is 1. The van der Waals surface area contributed by atoms with Gasteiger partial charge >= 0.3 is 6.03 Å². The van der Waals surface area contributed by atoms with Crippen LogP contribution in [0.1, 0.15) is 17.8 Å². The van der Waals surface area contributed by atoms with Gasteiger partial charge in [0.1, 0.15) is 5.82 Å². The molecule has 1 aromatic heterocycles. The number of aromatic amines is 1. The van der Waals surface area contributed by atoms with Crippen LogP contribution in [0.2, 0.25) is 0 Å². The number of aromatic nitrogens is 3. The number of H-pyrrole nitrogens is 1. The van der Waals surface area contributed by atoms with E-state index < -0.39 is 6.03 Å². The molecule has 0 aliphatic heterocycles. The predicted molar refractivity (Wildman–Crippen MR) is 98.3 cm³/mol. The van der Waals surface area contributed by atoms with E-state index in [-0.39, 0.29) is 0 Å². The van der Waals surface area contributed by atoms with E-state index in [0.717, 1.165) is 36.3 Å². The van der Waals surface area contributed by atoms with Crippen LogP contribution in [-0.4, -0.2) is 28.3 Å². The zero-order valence-corrected chi connectivity index (χ0v) is 14.1. The lowest BCUT2D eigenvalue weighted by atomic mass is 10.1. The fourth-order valence-corrected chi connectivity index (χ4v) is 2.60. The van der Waals surface area contributed by atoms with Gasteiger partial charge in [-0.2, -0.15) is 5.10 Å². The van der Waals surface area contributed by atoms with E-state index in [1.807, 2.05) is 30.3 Å². The van der Waals surface area contributed by atoms with Crippen molar-refractivity contribution in [2.75, 3.05) is 11.9 Å². The highest BCUT2D eigenvalue weighted by Crippen LogP contribution is 2.20. The molecule has 2 amide bonds. The number of urea groups is 1. The van der Waals surface area contributed by atoms with Gasteiger partial charge in [-0.1, -0.05) is 30.3 Å². The number of hydrogen-bond donors (Lipinski definition) is 2. The normalized spacial score (nSPS) is 10.6. The molecular formula is C19H21N5O. The number of carbonyl (C=O) groups is 1. The number of rotatable bonds is 6. The van der Waals surface area contributed by atoms with Gasteiger partial charge in [0, 0.05) is 24.7 Å². The standard InChI is InChI=1S/C19H21N5O/c1-24(19(20)25)16-12-10-15(11-13-16)18-21-17(22-23-18)9-5-8-14-6-3-2-4-7-14/h2-4,6-7,10-13H,5,8-9H2,1H3,(H2,20,25)(H,21,22,23). The highest BCUT2D eigenvalue weighted by Gasteiger charge is 2.09. The third-order valence-corrected chi connectivity index (χ3v) is 4.10. The van der Waals surface area contributed by atoms with Gasteiger partial charge < -0.3 is 5.73 Å². The van der Waals surface area contributed by atoms with Gasteiger partial charge in [0.15, 0.2) is 5.82 Å². The number of amides is 2. The smallest absolute Gasteiger partial charge is 0.318 e. The van der Waals surface area contributed by atoms with Crippen molar-refractivity contribution < 1.29 is 4.79 Å². The zero-order chi connectivity index (χ0) is 17.6. The summed E-state index contributed by atoms with van der Waals surface area (Å²) in [4.78, 5) is 17.1. The molecule has 0 aliphatic carbocycles. The van der Waals surface area contributed by atoms with Crippen molar-refractivity contribution in [2.45, 2.75) is 19.3 Å². The number of anilines is 1. The number of aryl methyl sites for hydroxylation is 2. The van der Waals surface area contributed by atoms with Crippen LogP contribution in [0.5, 0.6) is 0 Å². The maximum atomic E-state index is 11.2. The van der Waals surface area contributed by atoms with Crippen molar-refractivity contribution in [3.8, 4) is 11.4 Å². The predicted octanol–water partition coefficient (Wildman–Crippen LogP) is 3.16. The molecule has 128 valence electrons. The Labute approximate surface area is 146 Å². The lowest BCUT2D eigenvalue weighted by molar-refractivity contribution is 0.255. The van der Waals surface area contributed by atoms with E-state index in [1.165, 1.54) is 10.5 Å². The summed E-state index contributed by atoms with van der Waals surface area (Å²) in [5.41, 5.74) is 8.22. The first kappa shape index (κ1) is 16.7. The fraction of sp³-hybridized carbons (Fsp3) is 0.211. The van der Waals surface area contributed by atoms with Crippen molar-refractivity contribution in [3.05, 3.63) is 66.0 Å². The van der Waals surface area contributed by atoms with E-state index in [9.17, 15) is 4.79 Å². The Morgan fingerprint density at radius 1 is 1.08 bits per heavy atom. The Hall–Kier alpha value is -3.15. The Morgan fingerprint density at radius 3 is 2.48 bits per heavy atom. The van der Waals surface area contributed by atoms with Gasteiger partial charge in [0.25, 0.3) is 0 Å². The minimum atomic E-state index is -0.494. The second kappa shape index (κ2) is 7.61. The highest BCUT2D eigenvalue weighted by atomic mass is 16.2. The van der Waals surface area contributed by atoms with Crippen LogP contribution in [0.4, 0.5) is 10.5 Å².